The van der Waals surface area contributed by atoms with Crippen LogP contribution >= 0.6 is 11.3 Å². The fourth-order valence-corrected chi connectivity index (χ4v) is 2.63. The van der Waals surface area contributed by atoms with E-state index in [9.17, 15) is 0 Å². The fraction of sp³-hybridized carbons (Fsp3) is 0.200. The highest BCUT2D eigenvalue weighted by Gasteiger charge is 2.16. The summed E-state index contributed by atoms with van der Waals surface area (Å²) in [5.74, 6) is 0. The summed E-state index contributed by atoms with van der Waals surface area (Å²) < 4.78 is 0. The molecule has 0 aliphatic rings. The number of aromatic nitrogens is 3. The van der Waals surface area contributed by atoms with Crippen LogP contribution in [-0.2, 0) is 0 Å². The molecular formula is C15H15N3S. The Kier molecular flexibility index (Phi) is 3.17. The summed E-state index contributed by atoms with van der Waals surface area (Å²) in [6.45, 7) is 4.18. The van der Waals surface area contributed by atoms with Crippen LogP contribution in [0.2, 0.25) is 0 Å². The van der Waals surface area contributed by atoms with E-state index in [0.717, 1.165) is 21.8 Å². The third-order valence-corrected chi connectivity index (χ3v) is 3.77. The maximum Gasteiger partial charge on any atom is 0.131 e. The Hall–Kier alpha value is -1.94. The predicted octanol–water partition coefficient (Wildman–Crippen LogP) is 4.25. The zero-order valence-electron chi connectivity index (χ0n) is 10.9. The summed E-state index contributed by atoms with van der Waals surface area (Å²) in [7, 11) is 0. The van der Waals surface area contributed by atoms with Crippen LogP contribution in [0.25, 0.3) is 21.8 Å². The third kappa shape index (κ3) is 2.31. The van der Waals surface area contributed by atoms with Crippen molar-refractivity contribution < 1.29 is 0 Å². The summed E-state index contributed by atoms with van der Waals surface area (Å²) in [5.41, 5.74) is 3.03. The number of benzene rings is 1. The van der Waals surface area contributed by atoms with Crippen LogP contribution in [0.5, 0.6) is 0 Å². The van der Waals surface area contributed by atoms with Crippen molar-refractivity contribution in [2.75, 3.05) is 0 Å². The van der Waals surface area contributed by atoms with Gasteiger partial charge in [-0.05, 0) is 25.3 Å². The lowest BCUT2D eigenvalue weighted by Gasteiger charge is -2.00. The van der Waals surface area contributed by atoms with Gasteiger partial charge in [-0.3, -0.25) is 0 Å². The first kappa shape index (κ1) is 12.1. The second-order valence-corrected chi connectivity index (χ2v) is 5.60. The molecular weight excluding hydrogens is 254 g/mol. The van der Waals surface area contributed by atoms with Gasteiger partial charge in [0.15, 0.2) is 0 Å². The van der Waals surface area contributed by atoms with E-state index in [4.69, 9.17) is 0 Å². The second kappa shape index (κ2) is 4.97. The molecule has 3 aromatic rings. The maximum absolute atomic E-state index is 4.65. The molecule has 0 unspecified atom stereocenters. The molecule has 0 radical (unpaired) electrons. The molecule has 1 aromatic carbocycles. The molecule has 0 atom stereocenters. The summed E-state index contributed by atoms with van der Waals surface area (Å²) in [6.07, 6.45) is 0. The van der Waals surface area contributed by atoms with E-state index in [1.165, 1.54) is 0 Å². The average Bonchev–Trinajstić information content (AvgIpc) is 3.08. The highest BCUT2D eigenvalue weighted by molar-refractivity contribution is 7.13. The minimum absolute atomic E-state index is 0.260. The van der Waals surface area contributed by atoms with Crippen molar-refractivity contribution in [1.82, 2.24) is 15.0 Å². The third-order valence-electron chi connectivity index (χ3n) is 2.89. The summed E-state index contributed by atoms with van der Waals surface area (Å²) >= 11 is 1.69. The average molecular weight is 269 g/mol. The Morgan fingerprint density at radius 2 is 1.68 bits per heavy atom. The van der Waals surface area contributed by atoms with Crippen LogP contribution in [-0.4, -0.2) is 15.0 Å². The molecule has 0 aliphatic heterocycles. The molecule has 0 saturated heterocycles. The predicted molar refractivity (Wildman–Crippen MR) is 79.2 cm³/mol. The standard InChI is InChI=1S/C15H15N3S/c1-11(2)18-16-14(12-7-4-3-5-8-12)15(17-18)13-9-6-10-19-13/h3-11H,1-2H3. The van der Waals surface area contributed by atoms with E-state index in [1.54, 1.807) is 16.1 Å². The fourth-order valence-electron chi connectivity index (χ4n) is 1.92. The lowest BCUT2D eigenvalue weighted by Crippen LogP contribution is -2.04. The molecule has 0 fully saturated rings. The largest absolute Gasteiger partial charge is 0.181 e. The topological polar surface area (TPSA) is 30.7 Å². The molecule has 4 heteroatoms. The minimum atomic E-state index is 0.260. The maximum atomic E-state index is 4.65. The lowest BCUT2D eigenvalue weighted by atomic mass is 10.1. The van der Waals surface area contributed by atoms with Crippen molar-refractivity contribution in [2.24, 2.45) is 0 Å². The van der Waals surface area contributed by atoms with Crippen LogP contribution in [0.3, 0.4) is 0 Å². The highest BCUT2D eigenvalue weighted by atomic mass is 32.1. The number of nitrogens with zero attached hydrogens (tertiary/aromatic N) is 3. The van der Waals surface area contributed by atoms with E-state index < -0.39 is 0 Å². The normalized spacial score (nSPS) is 11.1. The van der Waals surface area contributed by atoms with Crippen molar-refractivity contribution in [1.29, 1.82) is 0 Å². The van der Waals surface area contributed by atoms with Gasteiger partial charge in [0.05, 0.1) is 10.9 Å². The first-order chi connectivity index (χ1) is 9.25. The first-order valence-corrected chi connectivity index (χ1v) is 7.20. The molecule has 0 bridgehead atoms. The van der Waals surface area contributed by atoms with E-state index in [1.807, 2.05) is 24.3 Å². The van der Waals surface area contributed by atoms with Crippen molar-refractivity contribution >= 4 is 11.3 Å². The van der Waals surface area contributed by atoms with E-state index in [2.05, 4.69) is 47.6 Å². The van der Waals surface area contributed by atoms with Crippen molar-refractivity contribution in [3.05, 3.63) is 47.8 Å². The van der Waals surface area contributed by atoms with Gasteiger partial charge in [-0.15, -0.1) is 11.3 Å². The van der Waals surface area contributed by atoms with Gasteiger partial charge in [0.25, 0.3) is 0 Å². The van der Waals surface area contributed by atoms with Crippen molar-refractivity contribution in [3.63, 3.8) is 0 Å². The smallest absolute Gasteiger partial charge is 0.131 e. The first-order valence-electron chi connectivity index (χ1n) is 6.32. The second-order valence-electron chi connectivity index (χ2n) is 4.65. The Labute approximate surface area is 116 Å². The van der Waals surface area contributed by atoms with Crippen molar-refractivity contribution in [2.45, 2.75) is 19.9 Å². The van der Waals surface area contributed by atoms with Gasteiger partial charge >= 0.3 is 0 Å². The lowest BCUT2D eigenvalue weighted by molar-refractivity contribution is 0.468. The number of hydrogen-bond acceptors (Lipinski definition) is 3. The van der Waals surface area contributed by atoms with Gasteiger partial charge in [-0.25, -0.2) is 0 Å². The Balaban J connectivity index is 2.17. The van der Waals surface area contributed by atoms with Gasteiger partial charge in [0.1, 0.15) is 11.4 Å². The Morgan fingerprint density at radius 1 is 0.947 bits per heavy atom. The summed E-state index contributed by atoms with van der Waals surface area (Å²) in [5, 5.41) is 11.4. The monoisotopic (exact) mass is 269 g/mol. The van der Waals surface area contributed by atoms with Crippen LogP contribution in [0, 0.1) is 0 Å². The molecule has 96 valence electrons. The minimum Gasteiger partial charge on any atom is -0.181 e. The van der Waals surface area contributed by atoms with Crippen molar-refractivity contribution in [3.8, 4) is 21.8 Å². The zero-order valence-corrected chi connectivity index (χ0v) is 11.8. The molecule has 19 heavy (non-hydrogen) atoms. The van der Waals surface area contributed by atoms with Gasteiger partial charge in [0.2, 0.25) is 0 Å². The van der Waals surface area contributed by atoms with Gasteiger partial charge in [0, 0.05) is 5.56 Å². The number of hydrogen-bond donors (Lipinski definition) is 0. The van der Waals surface area contributed by atoms with Gasteiger partial charge < -0.3 is 0 Å². The molecule has 0 N–H and O–H groups in total. The van der Waals surface area contributed by atoms with Gasteiger partial charge in [-0.1, -0.05) is 36.4 Å². The molecule has 0 saturated carbocycles. The number of thiophene rings is 1. The Bertz CT molecular complexity index is 654. The van der Waals surface area contributed by atoms with Crippen LogP contribution in [0.4, 0.5) is 0 Å². The van der Waals surface area contributed by atoms with E-state index in [-0.39, 0.29) is 6.04 Å². The quantitative estimate of drug-likeness (QED) is 0.711. The molecule has 2 heterocycles. The zero-order chi connectivity index (χ0) is 13.2. The molecule has 3 nitrogen and oxygen atoms in total. The highest BCUT2D eigenvalue weighted by Crippen LogP contribution is 2.32. The van der Waals surface area contributed by atoms with E-state index >= 15 is 0 Å². The molecule has 3 rings (SSSR count). The molecule has 0 aliphatic carbocycles. The van der Waals surface area contributed by atoms with Crippen LogP contribution < -0.4 is 0 Å². The van der Waals surface area contributed by atoms with Crippen LogP contribution in [0.1, 0.15) is 19.9 Å². The molecule has 2 aromatic heterocycles. The van der Waals surface area contributed by atoms with Crippen LogP contribution in [0.15, 0.2) is 47.8 Å². The molecule has 0 amide bonds. The number of rotatable bonds is 3. The Morgan fingerprint density at radius 3 is 2.32 bits per heavy atom. The molecule has 0 spiro atoms. The summed E-state index contributed by atoms with van der Waals surface area (Å²) in [6, 6.07) is 14.6. The van der Waals surface area contributed by atoms with Gasteiger partial charge in [-0.2, -0.15) is 15.0 Å². The van der Waals surface area contributed by atoms with E-state index in [0.29, 0.717) is 0 Å². The SMILES string of the molecule is CC(C)n1nc(-c2ccccc2)c(-c2cccs2)n1. The summed E-state index contributed by atoms with van der Waals surface area (Å²) in [4.78, 5) is 2.95.